The Morgan fingerprint density at radius 3 is 2.29 bits per heavy atom. The van der Waals surface area contributed by atoms with Gasteiger partial charge in [0.15, 0.2) is 11.5 Å². The first-order valence-electron chi connectivity index (χ1n) is 6.29. The van der Waals surface area contributed by atoms with Crippen molar-refractivity contribution in [1.29, 1.82) is 0 Å². The molecule has 0 spiro atoms. The Morgan fingerprint density at radius 1 is 1.19 bits per heavy atom. The second kappa shape index (κ2) is 6.29. The Morgan fingerprint density at radius 2 is 1.76 bits per heavy atom. The molecule has 1 aromatic heterocycles. The zero-order valence-corrected chi connectivity index (χ0v) is 12.3. The van der Waals surface area contributed by atoms with Crippen LogP contribution in [0.3, 0.4) is 0 Å². The highest BCUT2D eigenvalue weighted by atomic mass is 16.4. The van der Waals surface area contributed by atoms with E-state index in [0.717, 1.165) is 0 Å². The predicted molar refractivity (Wildman–Crippen MR) is 74.7 cm³/mol. The molecule has 0 saturated carbocycles. The Balaban J connectivity index is 2.78. The molecule has 8 heteroatoms. The molecule has 1 unspecified atom stereocenters. The molecule has 1 aromatic rings. The van der Waals surface area contributed by atoms with Crippen molar-refractivity contribution in [2.45, 2.75) is 33.7 Å². The molecule has 1 rings (SSSR count). The van der Waals surface area contributed by atoms with E-state index in [1.165, 1.54) is 19.3 Å². The maximum Gasteiger partial charge on any atom is 0.358 e. The lowest BCUT2D eigenvalue weighted by Crippen LogP contribution is -2.46. The quantitative estimate of drug-likeness (QED) is 0.750. The summed E-state index contributed by atoms with van der Waals surface area (Å²) in [6.45, 7) is 6.66. The maximum absolute atomic E-state index is 12.0. The number of aromatic nitrogens is 2. The van der Waals surface area contributed by atoms with Gasteiger partial charge >= 0.3 is 5.97 Å². The zero-order chi connectivity index (χ0) is 16.2. The molecule has 3 N–H and O–H groups in total. The van der Waals surface area contributed by atoms with Crippen LogP contribution in [0.1, 0.15) is 38.2 Å². The van der Waals surface area contributed by atoms with E-state index in [4.69, 9.17) is 5.11 Å². The number of carboxylic acid groups (broad SMARTS) is 1. The maximum atomic E-state index is 12.0. The molecule has 114 valence electrons. The number of aromatic carboxylic acids is 1. The van der Waals surface area contributed by atoms with Gasteiger partial charge in [-0.3, -0.25) is 9.59 Å². The van der Waals surface area contributed by atoms with Gasteiger partial charge < -0.3 is 15.7 Å². The molecule has 0 aromatic carbocycles. The van der Waals surface area contributed by atoms with Gasteiger partial charge in [-0.1, -0.05) is 20.8 Å². The summed E-state index contributed by atoms with van der Waals surface area (Å²) in [5, 5.41) is 13.8. The van der Waals surface area contributed by atoms with Gasteiger partial charge in [-0.05, 0) is 6.92 Å². The first kappa shape index (κ1) is 16.5. The molecule has 0 radical (unpaired) electrons. The van der Waals surface area contributed by atoms with Crippen molar-refractivity contribution >= 4 is 23.6 Å². The number of hydrogen-bond acceptors (Lipinski definition) is 5. The fraction of sp³-hybridized carbons (Fsp3) is 0.462. The van der Waals surface area contributed by atoms with Crippen molar-refractivity contribution in [1.82, 2.24) is 15.3 Å². The van der Waals surface area contributed by atoms with Crippen LogP contribution in [-0.4, -0.2) is 38.9 Å². The van der Waals surface area contributed by atoms with Gasteiger partial charge in [0.1, 0.15) is 6.04 Å². The van der Waals surface area contributed by atoms with E-state index >= 15 is 0 Å². The molecule has 0 aliphatic rings. The molecular formula is C13H18N4O4. The number of hydrogen-bond donors (Lipinski definition) is 3. The van der Waals surface area contributed by atoms with Gasteiger partial charge in [0, 0.05) is 17.8 Å². The van der Waals surface area contributed by atoms with Gasteiger partial charge in [0.2, 0.25) is 11.8 Å². The lowest BCUT2D eigenvalue weighted by molar-refractivity contribution is -0.131. The average molecular weight is 294 g/mol. The second-order valence-electron chi connectivity index (χ2n) is 5.49. The van der Waals surface area contributed by atoms with E-state index in [-0.39, 0.29) is 17.4 Å². The van der Waals surface area contributed by atoms with Crippen LogP contribution in [0.5, 0.6) is 0 Å². The van der Waals surface area contributed by atoms with Crippen LogP contribution < -0.4 is 10.6 Å². The minimum Gasteiger partial charge on any atom is -0.476 e. The smallest absolute Gasteiger partial charge is 0.358 e. The largest absolute Gasteiger partial charge is 0.476 e. The van der Waals surface area contributed by atoms with Gasteiger partial charge in [-0.2, -0.15) is 0 Å². The van der Waals surface area contributed by atoms with Crippen LogP contribution >= 0.6 is 0 Å². The van der Waals surface area contributed by atoms with Crippen molar-refractivity contribution < 1.29 is 19.5 Å². The number of carboxylic acids is 1. The Hall–Kier alpha value is -2.51. The lowest BCUT2D eigenvalue weighted by Gasteiger charge is -2.21. The van der Waals surface area contributed by atoms with Crippen molar-refractivity contribution in [2.24, 2.45) is 5.41 Å². The molecular weight excluding hydrogens is 276 g/mol. The van der Waals surface area contributed by atoms with E-state index in [9.17, 15) is 14.4 Å². The summed E-state index contributed by atoms with van der Waals surface area (Å²) in [4.78, 5) is 42.1. The van der Waals surface area contributed by atoms with Crippen LogP contribution in [0.25, 0.3) is 0 Å². The van der Waals surface area contributed by atoms with Crippen molar-refractivity contribution in [3.05, 3.63) is 18.1 Å². The number of amides is 2. The minimum absolute atomic E-state index is 0.160. The molecule has 0 aliphatic heterocycles. The molecule has 1 atom stereocenters. The van der Waals surface area contributed by atoms with E-state index in [1.54, 1.807) is 20.8 Å². The van der Waals surface area contributed by atoms with Gasteiger partial charge in [0.05, 0.1) is 0 Å². The number of anilines is 1. The highest BCUT2D eigenvalue weighted by Crippen LogP contribution is 2.13. The van der Waals surface area contributed by atoms with Crippen LogP contribution in [-0.2, 0) is 9.59 Å². The van der Waals surface area contributed by atoms with Crippen molar-refractivity contribution in [2.75, 3.05) is 5.32 Å². The predicted octanol–water partition coefficient (Wildman–Crippen LogP) is 0.664. The number of carbonyl (C=O) groups is 3. The number of nitrogens with one attached hydrogen (secondary N) is 2. The summed E-state index contributed by atoms with van der Waals surface area (Å²) in [5.41, 5.74) is -0.993. The molecule has 8 nitrogen and oxygen atoms in total. The topological polar surface area (TPSA) is 121 Å². The normalized spacial score (nSPS) is 12.4. The zero-order valence-electron chi connectivity index (χ0n) is 12.3. The SMILES string of the molecule is CC(NC(=O)C(C)(C)C)C(=O)Nc1nccnc1C(=O)O. The standard InChI is InChI=1S/C13H18N4O4/c1-7(16-12(21)13(2,3)4)10(18)17-9-8(11(19)20)14-5-6-15-9/h5-7H,1-4H3,(H,16,21)(H,19,20)(H,15,17,18). The highest BCUT2D eigenvalue weighted by Gasteiger charge is 2.26. The molecule has 2 amide bonds. The Labute approximate surface area is 122 Å². The van der Waals surface area contributed by atoms with Gasteiger partial charge in [-0.15, -0.1) is 0 Å². The molecule has 0 saturated heterocycles. The average Bonchev–Trinajstić information content (AvgIpc) is 2.37. The van der Waals surface area contributed by atoms with Crippen LogP contribution in [0.15, 0.2) is 12.4 Å². The number of rotatable bonds is 4. The summed E-state index contributed by atoms with van der Waals surface area (Å²) in [6.07, 6.45) is 2.48. The molecule has 1 heterocycles. The minimum atomic E-state index is -1.30. The molecule has 0 bridgehead atoms. The lowest BCUT2D eigenvalue weighted by atomic mass is 9.95. The van der Waals surface area contributed by atoms with E-state index in [1.807, 2.05) is 0 Å². The second-order valence-corrected chi connectivity index (χ2v) is 5.49. The summed E-state index contributed by atoms with van der Waals surface area (Å²) in [7, 11) is 0. The molecule has 0 fully saturated rings. The number of carbonyl (C=O) groups excluding carboxylic acids is 2. The van der Waals surface area contributed by atoms with Crippen molar-refractivity contribution in [3.8, 4) is 0 Å². The van der Waals surface area contributed by atoms with Gasteiger partial charge in [-0.25, -0.2) is 14.8 Å². The third kappa shape index (κ3) is 4.51. The highest BCUT2D eigenvalue weighted by molar-refractivity contribution is 6.01. The van der Waals surface area contributed by atoms with Crippen LogP contribution in [0, 0.1) is 5.41 Å². The van der Waals surface area contributed by atoms with Crippen molar-refractivity contribution in [3.63, 3.8) is 0 Å². The third-order valence-corrected chi connectivity index (χ3v) is 2.56. The molecule has 21 heavy (non-hydrogen) atoms. The van der Waals surface area contributed by atoms with Crippen LogP contribution in [0.2, 0.25) is 0 Å². The third-order valence-electron chi connectivity index (χ3n) is 2.56. The fourth-order valence-electron chi connectivity index (χ4n) is 1.29. The Kier molecular flexibility index (Phi) is 4.96. The number of nitrogens with zero attached hydrogens (tertiary/aromatic N) is 2. The van der Waals surface area contributed by atoms with E-state index in [2.05, 4.69) is 20.6 Å². The summed E-state index contributed by atoms with van der Waals surface area (Å²) < 4.78 is 0. The summed E-state index contributed by atoms with van der Waals surface area (Å²) in [6, 6.07) is -0.833. The first-order chi connectivity index (χ1) is 9.62. The summed E-state index contributed by atoms with van der Waals surface area (Å²) >= 11 is 0. The summed E-state index contributed by atoms with van der Waals surface area (Å²) in [5.74, 6) is -2.32. The monoisotopic (exact) mass is 294 g/mol. The van der Waals surface area contributed by atoms with Crippen LogP contribution in [0.4, 0.5) is 5.82 Å². The van der Waals surface area contributed by atoms with Gasteiger partial charge in [0.25, 0.3) is 0 Å². The Bertz CT molecular complexity index is 566. The fourth-order valence-corrected chi connectivity index (χ4v) is 1.29. The van der Waals surface area contributed by atoms with E-state index in [0.29, 0.717) is 0 Å². The molecule has 0 aliphatic carbocycles. The van der Waals surface area contributed by atoms with E-state index < -0.39 is 23.3 Å². The first-order valence-corrected chi connectivity index (χ1v) is 6.29.